The number of carbonyl (C=O) groups is 2. The monoisotopic (exact) mass is 811 g/mol. The number of hydrogen-bond donors (Lipinski definition) is 4. The Kier molecular flexibility index (Phi) is 37.4. The smallest absolute Gasteiger partial charge is 0.462 e. The number of unbranched alkanes of at least 4 members (excludes halogenated alkanes) is 10. The van der Waals surface area contributed by atoms with Gasteiger partial charge < -0.3 is 29.7 Å². The van der Waals surface area contributed by atoms with E-state index in [1.807, 2.05) is 24.3 Å². The van der Waals surface area contributed by atoms with Crippen molar-refractivity contribution < 1.29 is 52.9 Å². The zero-order valence-electron chi connectivity index (χ0n) is 34.4. The Balaban J connectivity index is 4.49. The molecule has 0 aliphatic carbocycles. The maximum absolute atomic E-state index is 12.6. The zero-order valence-corrected chi connectivity index (χ0v) is 35.3. The number of ether oxygens (including phenoxy) is 2. The largest absolute Gasteiger partial charge is 0.472 e. The van der Waals surface area contributed by atoms with Crippen LogP contribution in [-0.2, 0) is 32.7 Å². The number of hydrogen-bond acceptors (Lipinski definition) is 10. The number of carbonyl (C=O) groups excluding carboxylic acids is 2. The molecule has 0 radical (unpaired) electrons. The van der Waals surface area contributed by atoms with Crippen molar-refractivity contribution in [2.75, 3.05) is 26.4 Å². The first-order valence-corrected chi connectivity index (χ1v) is 22.5. The summed E-state index contributed by atoms with van der Waals surface area (Å²) in [5.41, 5.74) is 0. The molecule has 4 N–H and O–H groups in total. The van der Waals surface area contributed by atoms with E-state index in [1.54, 1.807) is 0 Å². The van der Waals surface area contributed by atoms with Gasteiger partial charge in [-0.1, -0.05) is 132 Å². The predicted molar refractivity (Wildman–Crippen MR) is 225 cm³/mol. The fourth-order valence-corrected chi connectivity index (χ4v) is 5.88. The van der Waals surface area contributed by atoms with Gasteiger partial charge in [-0.3, -0.25) is 18.6 Å². The summed E-state index contributed by atoms with van der Waals surface area (Å²) in [6.07, 6.45) is 40.6. The van der Waals surface area contributed by atoms with Gasteiger partial charge in [0.25, 0.3) is 0 Å². The van der Waals surface area contributed by atoms with Crippen LogP contribution in [0, 0.1) is 0 Å². The summed E-state index contributed by atoms with van der Waals surface area (Å²) in [5.74, 6) is -1.04. The summed E-state index contributed by atoms with van der Waals surface area (Å²) in [5, 5.41) is 28.1. The average Bonchev–Trinajstić information content (AvgIpc) is 3.18. The molecule has 0 aromatic heterocycles. The summed E-state index contributed by atoms with van der Waals surface area (Å²) in [7, 11) is -4.65. The lowest BCUT2D eigenvalue weighted by atomic mass is 10.1. The molecule has 0 aromatic carbocycles. The minimum Gasteiger partial charge on any atom is -0.462 e. The zero-order chi connectivity index (χ0) is 41.4. The third-order valence-corrected chi connectivity index (χ3v) is 9.35. The van der Waals surface area contributed by atoms with Crippen molar-refractivity contribution in [2.24, 2.45) is 0 Å². The summed E-state index contributed by atoms with van der Waals surface area (Å²) < 4.78 is 32.6. The fraction of sp³-hybridized carbons (Fsp3) is 0.682. The van der Waals surface area contributed by atoms with E-state index in [0.29, 0.717) is 19.3 Å². The van der Waals surface area contributed by atoms with E-state index in [9.17, 15) is 29.3 Å². The highest BCUT2D eigenvalue weighted by molar-refractivity contribution is 7.47. The molecule has 0 aliphatic heterocycles. The first-order valence-electron chi connectivity index (χ1n) is 21.0. The number of phosphoric acid groups is 1. The van der Waals surface area contributed by atoms with Crippen molar-refractivity contribution >= 4 is 19.8 Å². The van der Waals surface area contributed by atoms with Gasteiger partial charge in [0.05, 0.1) is 25.9 Å². The van der Waals surface area contributed by atoms with Crippen molar-refractivity contribution in [3.05, 3.63) is 72.9 Å². The maximum atomic E-state index is 12.6. The fourth-order valence-electron chi connectivity index (χ4n) is 5.09. The Morgan fingerprint density at radius 2 is 1.09 bits per heavy atom. The molecule has 4 atom stereocenters. The number of allylic oxidation sites excluding steroid dienone is 11. The van der Waals surface area contributed by atoms with Crippen LogP contribution in [0.3, 0.4) is 0 Å². The van der Waals surface area contributed by atoms with E-state index >= 15 is 0 Å². The highest BCUT2D eigenvalue weighted by Crippen LogP contribution is 2.43. The number of esters is 2. The minimum atomic E-state index is -4.65. The Morgan fingerprint density at radius 3 is 1.70 bits per heavy atom. The molecule has 56 heavy (non-hydrogen) atoms. The molecular formula is C44H75O11P. The van der Waals surface area contributed by atoms with Crippen LogP contribution in [-0.4, -0.2) is 76.9 Å². The van der Waals surface area contributed by atoms with E-state index in [-0.39, 0.29) is 25.6 Å². The molecule has 1 unspecified atom stereocenters. The molecule has 0 bridgehead atoms. The summed E-state index contributed by atoms with van der Waals surface area (Å²) in [6, 6.07) is 0. The van der Waals surface area contributed by atoms with E-state index in [4.69, 9.17) is 19.1 Å². The first-order chi connectivity index (χ1) is 27.1. The molecule has 0 spiro atoms. The highest BCUT2D eigenvalue weighted by atomic mass is 31.2. The molecule has 0 rings (SSSR count). The molecule has 11 nitrogen and oxygen atoms in total. The van der Waals surface area contributed by atoms with Crippen molar-refractivity contribution in [1.82, 2.24) is 0 Å². The van der Waals surface area contributed by atoms with Crippen LogP contribution in [0.2, 0.25) is 0 Å². The van der Waals surface area contributed by atoms with Crippen molar-refractivity contribution in [1.29, 1.82) is 0 Å². The van der Waals surface area contributed by atoms with Gasteiger partial charge in [0.2, 0.25) is 0 Å². The second-order valence-electron chi connectivity index (χ2n) is 13.8. The van der Waals surface area contributed by atoms with Gasteiger partial charge in [-0.15, -0.1) is 0 Å². The van der Waals surface area contributed by atoms with Crippen LogP contribution >= 0.6 is 7.82 Å². The van der Waals surface area contributed by atoms with Gasteiger partial charge in [-0.25, -0.2) is 4.57 Å². The lowest BCUT2D eigenvalue weighted by Crippen LogP contribution is -2.29. The highest BCUT2D eigenvalue weighted by Gasteiger charge is 2.27. The number of phosphoric ester groups is 1. The third kappa shape index (κ3) is 38.3. The van der Waals surface area contributed by atoms with Crippen LogP contribution < -0.4 is 0 Å². The van der Waals surface area contributed by atoms with Gasteiger partial charge in [0.1, 0.15) is 12.7 Å². The Morgan fingerprint density at radius 1 is 0.589 bits per heavy atom. The van der Waals surface area contributed by atoms with E-state index in [2.05, 4.69) is 67.0 Å². The normalized spacial score (nSPS) is 15.2. The Hall–Kier alpha value is -2.63. The van der Waals surface area contributed by atoms with E-state index in [0.717, 1.165) is 83.5 Å². The average molecular weight is 811 g/mol. The lowest BCUT2D eigenvalue weighted by Gasteiger charge is -2.20. The molecule has 0 amide bonds. The summed E-state index contributed by atoms with van der Waals surface area (Å²) in [6.45, 7) is 2.08. The molecule has 0 saturated heterocycles. The second-order valence-corrected chi connectivity index (χ2v) is 15.3. The van der Waals surface area contributed by atoms with Gasteiger partial charge >= 0.3 is 19.8 Å². The number of rotatable bonds is 38. The van der Waals surface area contributed by atoms with Crippen LogP contribution in [0.25, 0.3) is 0 Å². The van der Waals surface area contributed by atoms with Crippen molar-refractivity contribution in [2.45, 2.75) is 167 Å². The summed E-state index contributed by atoms with van der Waals surface area (Å²) in [4.78, 5) is 34.9. The quantitative estimate of drug-likeness (QED) is 0.0203. The van der Waals surface area contributed by atoms with Gasteiger partial charge in [-0.05, 0) is 77.0 Å². The molecule has 322 valence electrons. The van der Waals surface area contributed by atoms with E-state index in [1.165, 1.54) is 19.3 Å². The minimum absolute atomic E-state index is 0.0848. The van der Waals surface area contributed by atoms with E-state index < -0.39 is 51.8 Å². The van der Waals surface area contributed by atoms with Crippen molar-refractivity contribution in [3.63, 3.8) is 0 Å². The molecule has 0 fully saturated rings. The SMILES string of the molecule is CCCCC/C=C\C/C=C\CCCCCCCC(=O)OC[C@H](COP(=O)(O)OC[C@@H](O)CO)OC(=O)CCC/C=C\C/C=C\C/C=C\C/C=C\[C@H](O)CCCC. The summed E-state index contributed by atoms with van der Waals surface area (Å²) >= 11 is 0. The topological polar surface area (TPSA) is 169 Å². The van der Waals surface area contributed by atoms with Crippen LogP contribution in [0.15, 0.2) is 72.9 Å². The standard InChI is InChI=1S/C44H75O11P/c1-3-5-7-8-9-10-11-12-13-14-18-21-24-27-30-34-43(48)52-38-42(39-54-56(50,51)53-37-41(47)36-45)55-44(49)35-31-28-25-22-19-16-15-17-20-23-26-29-33-40(46)32-6-4-2/h9-10,12-13,15-16,20,22-23,25,29,33,40-42,45-47H,3-8,11,14,17-19,21,24,26-28,30-32,34-39H2,1-2H3,(H,50,51)/b10-9-,13-12-,16-15-,23-20-,25-22-,33-29-/t40-,41+,42-/m1/s1. The van der Waals surface area contributed by atoms with Gasteiger partial charge in [0.15, 0.2) is 6.10 Å². The number of aliphatic hydroxyl groups excluding tert-OH is 3. The van der Waals surface area contributed by atoms with Crippen molar-refractivity contribution in [3.8, 4) is 0 Å². The van der Waals surface area contributed by atoms with Crippen LogP contribution in [0.5, 0.6) is 0 Å². The Labute approximate surface area is 338 Å². The lowest BCUT2D eigenvalue weighted by molar-refractivity contribution is -0.161. The van der Waals surface area contributed by atoms with Gasteiger partial charge in [0, 0.05) is 12.8 Å². The molecule has 0 aromatic rings. The predicted octanol–water partition coefficient (Wildman–Crippen LogP) is 9.86. The molecule has 12 heteroatoms. The van der Waals surface area contributed by atoms with Crippen LogP contribution in [0.4, 0.5) is 0 Å². The molecular weight excluding hydrogens is 735 g/mol. The molecule has 0 saturated carbocycles. The molecule has 0 aliphatic rings. The van der Waals surface area contributed by atoms with Crippen LogP contribution in [0.1, 0.15) is 149 Å². The Bertz CT molecular complexity index is 1180. The first kappa shape index (κ1) is 53.4. The number of aliphatic hydroxyl groups is 3. The second kappa shape index (κ2) is 39.2. The molecule has 0 heterocycles. The third-order valence-electron chi connectivity index (χ3n) is 8.40. The maximum Gasteiger partial charge on any atom is 0.472 e. The van der Waals surface area contributed by atoms with Gasteiger partial charge in [-0.2, -0.15) is 0 Å².